The Morgan fingerprint density at radius 2 is 1.96 bits per heavy atom. The fraction of sp³-hybridized carbons (Fsp3) is 0.450. The van der Waals surface area contributed by atoms with Gasteiger partial charge in [0.1, 0.15) is 0 Å². The van der Waals surface area contributed by atoms with Gasteiger partial charge in [0.05, 0.1) is 38.1 Å². The zero-order chi connectivity index (χ0) is 19.7. The number of carbonyl (C=O) groups is 2. The second-order valence-corrected chi connectivity index (χ2v) is 7.38. The van der Waals surface area contributed by atoms with Gasteiger partial charge < -0.3 is 20.2 Å². The molecule has 1 fully saturated rings. The molecule has 4 rings (SSSR count). The first-order valence-corrected chi connectivity index (χ1v) is 9.67. The SMILES string of the molecule is Cc1cc(C(=O)N2CCCC2)ccc1NC(=O)N1Cc2cnn(CCO)c2C1. The third-order valence-electron chi connectivity index (χ3n) is 5.44. The summed E-state index contributed by atoms with van der Waals surface area (Å²) in [7, 11) is 0. The molecular formula is C20H25N5O3. The van der Waals surface area contributed by atoms with Gasteiger partial charge in [-0.25, -0.2) is 4.79 Å². The van der Waals surface area contributed by atoms with Crippen LogP contribution in [0.1, 0.15) is 40.0 Å². The number of aryl methyl sites for hydroxylation is 1. The van der Waals surface area contributed by atoms with Gasteiger partial charge in [0.25, 0.3) is 5.91 Å². The third kappa shape index (κ3) is 3.47. The predicted octanol–water partition coefficient (Wildman–Crippen LogP) is 1.97. The fourth-order valence-electron chi connectivity index (χ4n) is 3.87. The summed E-state index contributed by atoms with van der Waals surface area (Å²) in [5.74, 6) is 0.0573. The monoisotopic (exact) mass is 383 g/mol. The molecule has 8 nitrogen and oxygen atoms in total. The summed E-state index contributed by atoms with van der Waals surface area (Å²) in [6.45, 7) is 4.94. The van der Waals surface area contributed by atoms with Crippen molar-refractivity contribution < 1.29 is 14.7 Å². The van der Waals surface area contributed by atoms with Crippen LogP contribution in [0.4, 0.5) is 10.5 Å². The molecule has 28 heavy (non-hydrogen) atoms. The van der Waals surface area contributed by atoms with Crippen molar-refractivity contribution in [2.75, 3.05) is 25.0 Å². The molecule has 3 heterocycles. The Morgan fingerprint density at radius 1 is 1.18 bits per heavy atom. The summed E-state index contributed by atoms with van der Waals surface area (Å²) >= 11 is 0. The van der Waals surface area contributed by atoms with Crippen LogP contribution in [-0.4, -0.2) is 56.3 Å². The number of aliphatic hydroxyl groups excluding tert-OH is 1. The van der Waals surface area contributed by atoms with E-state index in [1.54, 1.807) is 27.9 Å². The maximum Gasteiger partial charge on any atom is 0.322 e. The molecule has 2 N–H and O–H groups in total. The summed E-state index contributed by atoms with van der Waals surface area (Å²) in [6.07, 6.45) is 3.88. The highest BCUT2D eigenvalue weighted by Crippen LogP contribution is 2.25. The van der Waals surface area contributed by atoms with Gasteiger partial charge in [-0.15, -0.1) is 0 Å². The smallest absolute Gasteiger partial charge is 0.322 e. The van der Waals surface area contributed by atoms with Gasteiger partial charge in [-0.1, -0.05) is 0 Å². The van der Waals surface area contributed by atoms with E-state index < -0.39 is 0 Å². The zero-order valence-electron chi connectivity index (χ0n) is 16.0. The van der Waals surface area contributed by atoms with Crippen molar-refractivity contribution in [2.24, 2.45) is 0 Å². The lowest BCUT2D eigenvalue weighted by molar-refractivity contribution is 0.0792. The minimum Gasteiger partial charge on any atom is -0.394 e. The molecular weight excluding hydrogens is 358 g/mol. The van der Waals surface area contributed by atoms with Crippen LogP contribution in [0.25, 0.3) is 0 Å². The summed E-state index contributed by atoms with van der Waals surface area (Å²) in [5.41, 5.74) is 4.20. The first-order valence-electron chi connectivity index (χ1n) is 9.67. The number of likely N-dealkylation sites (tertiary alicyclic amines) is 1. The van der Waals surface area contributed by atoms with Crippen molar-refractivity contribution in [3.8, 4) is 0 Å². The van der Waals surface area contributed by atoms with Crippen LogP contribution in [-0.2, 0) is 19.6 Å². The average molecular weight is 383 g/mol. The molecule has 1 saturated heterocycles. The van der Waals surface area contributed by atoms with Crippen molar-refractivity contribution in [3.63, 3.8) is 0 Å². The van der Waals surface area contributed by atoms with Crippen LogP contribution in [0.5, 0.6) is 0 Å². The van der Waals surface area contributed by atoms with E-state index in [1.165, 1.54) is 0 Å². The number of nitrogens with one attached hydrogen (secondary N) is 1. The first-order chi connectivity index (χ1) is 13.6. The van der Waals surface area contributed by atoms with E-state index in [2.05, 4.69) is 10.4 Å². The van der Waals surface area contributed by atoms with Crippen molar-refractivity contribution in [1.29, 1.82) is 0 Å². The molecule has 8 heteroatoms. The highest BCUT2D eigenvalue weighted by Gasteiger charge is 2.27. The number of hydrogen-bond donors (Lipinski definition) is 2. The lowest BCUT2D eigenvalue weighted by Crippen LogP contribution is -2.31. The summed E-state index contributed by atoms with van der Waals surface area (Å²) in [4.78, 5) is 28.8. The predicted molar refractivity (Wildman–Crippen MR) is 104 cm³/mol. The molecule has 0 atom stereocenters. The van der Waals surface area contributed by atoms with E-state index in [0.717, 1.165) is 42.8 Å². The van der Waals surface area contributed by atoms with Crippen LogP contribution in [0.2, 0.25) is 0 Å². The van der Waals surface area contributed by atoms with Crippen molar-refractivity contribution in [2.45, 2.75) is 39.4 Å². The minimum absolute atomic E-state index is 0.0159. The van der Waals surface area contributed by atoms with Gasteiger partial charge in [-0.3, -0.25) is 9.48 Å². The molecule has 0 radical (unpaired) electrons. The van der Waals surface area contributed by atoms with E-state index in [-0.39, 0.29) is 18.5 Å². The number of aromatic nitrogens is 2. The lowest BCUT2D eigenvalue weighted by Gasteiger charge is -2.19. The van der Waals surface area contributed by atoms with Crippen LogP contribution in [0.3, 0.4) is 0 Å². The first kappa shape index (κ1) is 18.5. The molecule has 1 aromatic heterocycles. The second kappa shape index (κ2) is 7.63. The number of hydrogen-bond acceptors (Lipinski definition) is 4. The van der Waals surface area contributed by atoms with Crippen LogP contribution in [0, 0.1) is 6.92 Å². The highest BCUT2D eigenvalue weighted by molar-refractivity contribution is 5.96. The zero-order valence-corrected chi connectivity index (χ0v) is 16.0. The largest absolute Gasteiger partial charge is 0.394 e. The van der Waals surface area contributed by atoms with Gasteiger partial charge in [-0.2, -0.15) is 5.10 Å². The highest BCUT2D eigenvalue weighted by atomic mass is 16.3. The normalized spacial score (nSPS) is 15.8. The summed E-state index contributed by atoms with van der Waals surface area (Å²) < 4.78 is 1.74. The second-order valence-electron chi connectivity index (χ2n) is 7.38. The molecule has 2 aromatic rings. The summed E-state index contributed by atoms with van der Waals surface area (Å²) in [6, 6.07) is 5.23. The molecule has 0 bridgehead atoms. The lowest BCUT2D eigenvalue weighted by atomic mass is 10.1. The Kier molecular flexibility index (Phi) is 5.04. The number of aliphatic hydroxyl groups is 1. The van der Waals surface area contributed by atoms with E-state index >= 15 is 0 Å². The molecule has 148 valence electrons. The number of amides is 3. The van der Waals surface area contributed by atoms with Gasteiger partial charge in [0.2, 0.25) is 0 Å². The molecule has 1 aromatic carbocycles. The maximum atomic E-state index is 12.7. The number of urea groups is 1. The third-order valence-corrected chi connectivity index (χ3v) is 5.44. The van der Waals surface area contributed by atoms with E-state index in [9.17, 15) is 9.59 Å². The number of fused-ring (bicyclic) bond motifs is 1. The van der Waals surface area contributed by atoms with Crippen LogP contribution in [0.15, 0.2) is 24.4 Å². The Morgan fingerprint density at radius 3 is 2.68 bits per heavy atom. The minimum atomic E-state index is -0.187. The van der Waals surface area contributed by atoms with E-state index in [0.29, 0.717) is 30.9 Å². The molecule has 3 amide bonds. The topological polar surface area (TPSA) is 90.7 Å². The van der Waals surface area contributed by atoms with E-state index in [1.807, 2.05) is 17.9 Å². The summed E-state index contributed by atoms with van der Waals surface area (Å²) in [5, 5.41) is 16.3. The number of anilines is 1. The van der Waals surface area contributed by atoms with Crippen molar-refractivity contribution in [3.05, 3.63) is 46.8 Å². The van der Waals surface area contributed by atoms with Gasteiger partial charge in [0.15, 0.2) is 0 Å². The Hall–Kier alpha value is -2.87. The van der Waals surface area contributed by atoms with Gasteiger partial charge in [-0.05, 0) is 43.5 Å². The number of nitrogens with zero attached hydrogens (tertiary/aromatic N) is 4. The molecule has 2 aliphatic rings. The molecule has 0 aliphatic carbocycles. The van der Waals surface area contributed by atoms with Gasteiger partial charge in [0, 0.05) is 29.9 Å². The van der Waals surface area contributed by atoms with E-state index in [4.69, 9.17) is 5.11 Å². The molecule has 2 aliphatic heterocycles. The Bertz CT molecular complexity index is 901. The number of rotatable bonds is 4. The quantitative estimate of drug-likeness (QED) is 0.845. The molecule has 0 spiro atoms. The average Bonchev–Trinajstić information content (AvgIpc) is 3.41. The standard InChI is InChI=1S/C20H25N5O3/c1-14-10-15(19(27)23-6-2-3-7-23)4-5-17(14)22-20(28)24-12-16-11-21-25(8-9-26)18(16)13-24/h4-5,10-11,26H,2-3,6-9,12-13H2,1H3,(H,22,28). The number of benzene rings is 1. The Balaban J connectivity index is 1.41. The molecule has 0 saturated carbocycles. The van der Waals surface area contributed by atoms with Crippen molar-refractivity contribution >= 4 is 17.6 Å². The van der Waals surface area contributed by atoms with Crippen molar-refractivity contribution in [1.82, 2.24) is 19.6 Å². The van der Waals surface area contributed by atoms with Crippen LogP contribution < -0.4 is 5.32 Å². The fourth-order valence-corrected chi connectivity index (χ4v) is 3.87. The number of carbonyl (C=O) groups excluding carboxylic acids is 2. The molecule has 0 unspecified atom stereocenters. The Labute approximate surface area is 163 Å². The van der Waals surface area contributed by atoms with Gasteiger partial charge >= 0.3 is 6.03 Å². The van der Waals surface area contributed by atoms with Crippen LogP contribution >= 0.6 is 0 Å². The maximum absolute atomic E-state index is 12.7.